The molecule has 0 atom stereocenters. The molecule has 1 saturated heterocycles. The molecule has 9 nitrogen and oxygen atoms in total. The molecule has 3 aromatic rings. The van der Waals surface area contributed by atoms with Gasteiger partial charge in [-0.15, -0.1) is 0 Å². The van der Waals surface area contributed by atoms with E-state index in [2.05, 4.69) is 15.3 Å². The number of benzene rings is 2. The molecule has 0 radical (unpaired) electrons. The van der Waals surface area contributed by atoms with Crippen molar-refractivity contribution in [2.24, 2.45) is 0 Å². The summed E-state index contributed by atoms with van der Waals surface area (Å²) in [5, 5.41) is 6.69. The minimum absolute atomic E-state index is 0.0781. The summed E-state index contributed by atoms with van der Waals surface area (Å²) >= 11 is 0. The lowest BCUT2D eigenvalue weighted by Crippen LogP contribution is -2.47. The number of nitrogens with zero attached hydrogens (tertiary/aromatic N) is 4. The maximum atomic E-state index is 13.2. The molecule has 2 aromatic carbocycles. The quantitative estimate of drug-likeness (QED) is 0.514. The lowest BCUT2D eigenvalue weighted by atomic mass is 10.1. The molecule has 1 fully saturated rings. The van der Waals surface area contributed by atoms with Gasteiger partial charge in [-0.3, -0.25) is 19.1 Å². The van der Waals surface area contributed by atoms with Gasteiger partial charge in [0, 0.05) is 26.2 Å². The van der Waals surface area contributed by atoms with Crippen molar-refractivity contribution in [3.63, 3.8) is 0 Å². The van der Waals surface area contributed by atoms with Crippen molar-refractivity contribution in [1.29, 1.82) is 0 Å². The van der Waals surface area contributed by atoms with Gasteiger partial charge in [0.1, 0.15) is 0 Å². The number of hydrogen-bond donors (Lipinski definition) is 1. The fraction of sp³-hybridized carbons (Fsp3) is 0.360. The number of amides is 1. The Balaban J connectivity index is 1.69. The fourth-order valence-electron chi connectivity index (χ4n) is 3.92. The van der Waals surface area contributed by atoms with E-state index in [1.54, 1.807) is 24.3 Å². The molecular formula is C25H26F3N5O4. The Hall–Kier alpha value is -3.77. The van der Waals surface area contributed by atoms with E-state index >= 15 is 0 Å². The van der Waals surface area contributed by atoms with Crippen LogP contribution in [0.5, 0.6) is 0 Å². The van der Waals surface area contributed by atoms with Crippen LogP contribution < -0.4 is 16.6 Å². The highest BCUT2D eigenvalue weighted by molar-refractivity contribution is 5.91. The summed E-state index contributed by atoms with van der Waals surface area (Å²) in [6, 6.07) is 11.0. The van der Waals surface area contributed by atoms with Gasteiger partial charge in [-0.05, 0) is 36.8 Å². The number of alkyl halides is 3. The Morgan fingerprint density at radius 1 is 1.08 bits per heavy atom. The molecule has 4 rings (SSSR count). The zero-order valence-corrected chi connectivity index (χ0v) is 20.1. The molecule has 196 valence electrons. The molecule has 1 amide bonds. The predicted molar refractivity (Wildman–Crippen MR) is 129 cm³/mol. The van der Waals surface area contributed by atoms with Gasteiger partial charge < -0.3 is 10.1 Å². The minimum Gasteiger partial charge on any atom is -0.379 e. The molecule has 2 heterocycles. The SMILES string of the molecule is Cc1ccc(-n2nc(C(=O)NCCN3CCOCC3)c(=O)n(Cc3cccc(C(F)(F)F)c3)c2=O)cc1. The first-order chi connectivity index (χ1) is 17.6. The van der Waals surface area contributed by atoms with Crippen LogP contribution in [0.1, 0.15) is 27.2 Å². The summed E-state index contributed by atoms with van der Waals surface area (Å²) in [7, 11) is 0. The van der Waals surface area contributed by atoms with Crippen LogP contribution in [0.3, 0.4) is 0 Å². The average molecular weight is 518 g/mol. The van der Waals surface area contributed by atoms with Crippen LogP contribution in [-0.4, -0.2) is 64.5 Å². The second-order valence-corrected chi connectivity index (χ2v) is 8.68. The zero-order valence-electron chi connectivity index (χ0n) is 20.1. The second kappa shape index (κ2) is 11.1. The van der Waals surface area contributed by atoms with Crippen LogP contribution >= 0.6 is 0 Å². The highest BCUT2D eigenvalue weighted by Crippen LogP contribution is 2.29. The van der Waals surface area contributed by atoms with E-state index < -0.39 is 41.1 Å². The van der Waals surface area contributed by atoms with Gasteiger partial charge in [0.25, 0.3) is 11.5 Å². The molecule has 0 spiro atoms. The smallest absolute Gasteiger partial charge is 0.379 e. The first-order valence-corrected chi connectivity index (χ1v) is 11.7. The molecule has 0 bridgehead atoms. The topological polar surface area (TPSA) is 98.5 Å². The van der Waals surface area contributed by atoms with Gasteiger partial charge in [0.2, 0.25) is 5.69 Å². The van der Waals surface area contributed by atoms with E-state index in [0.29, 0.717) is 25.4 Å². The number of carbonyl (C=O) groups excluding carboxylic acids is 1. The largest absolute Gasteiger partial charge is 0.416 e. The number of nitrogens with one attached hydrogen (secondary N) is 1. The highest BCUT2D eigenvalue weighted by atomic mass is 19.4. The van der Waals surface area contributed by atoms with Crippen LogP contribution in [0.15, 0.2) is 58.1 Å². The number of ether oxygens (including phenoxy) is 1. The van der Waals surface area contributed by atoms with Gasteiger partial charge in [-0.25, -0.2) is 4.79 Å². The lowest BCUT2D eigenvalue weighted by Gasteiger charge is -2.26. The standard InChI is InChI=1S/C25H26F3N5O4/c1-17-5-7-20(8-6-17)33-24(36)32(16-18-3-2-4-19(15-18)25(26,27)28)23(35)21(30-33)22(34)29-9-10-31-11-13-37-14-12-31/h2-8,15H,9-14,16H2,1H3,(H,29,34). The van der Waals surface area contributed by atoms with Crippen molar-refractivity contribution in [2.75, 3.05) is 39.4 Å². The molecule has 37 heavy (non-hydrogen) atoms. The molecule has 12 heteroatoms. The van der Waals surface area contributed by atoms with Gasteiger partial charge in [-0.1, -0.05) is 29.8 Å². The fourth-order valence-corrected chi connectivity index (χ4v) is 3.92. The predicted octanol–water partition coefficient (Wildman–Crippen LogP) is 1.83. The molecule has 1 aliphatic heterocycles. The summed E-state index contributed by atoms with van der Waals surface area (Å²) in [5.74, 6) is -0.781. The van der Waals surface area contributed by atoms with Gasteiger partial charge >= 0.3 is 11.9 Å². The molecule has 1 N–H and O–H groups in total. The number of hydrogen-bond acceptors (Lipinski definition) is 6. The third kappa shape index (κ3) is 6.33. The number of halogens is 3. The molecular weight excluding hydrogens is 491 g/mol. The Morgan fingerprint density at radius 3 is 2.46 bits per heavy atom. The average Bonchev–Trinajstić information content (AvgIpc) is 2.87. The Morgan fingerprint density at radius 2 is 1.78 bits per heavy atom. The van der Waals surface area contributed by atoms with Crippen LogP contribution in [0.2, 0.25) is 0 Å². The maximum Gasteiger partial charge on any atom is 0.416 e. The number of aromatic nitrogens is 3. The first-order valence-electron chi connectivity index (χ1n) is 11.7. The number of aryl methyl sites for hydroxylation is 1. The number of rotatable bonds is 7. The Kier molecular flexibility index (Phi) is 7.89. The van der Waals surface area contributed by atoms with E-state index in [1.807, 2.05) is 6.92 Å². The molecule has 1 aliphatic rings. The highest BCUT2D eigenvalue weighted by Gasteiger charge is 2.30. The summed E-state index contributed by atoms with van der Waals surface area (Å²) in [4.78, 5) is 41.5. The van der Waals surface area contributed by atoms with Crippen molar-refractivity contribution in [1.82, 2.24) is 24.6 Å². The zero-order chi connectivity index (χ0) is 26.6. The van der Waals surface area contributed by atoms with Crippen molar-refractivity contribution < 1.29 is 22.7 Å². The maximum absolute atomic E-state index is 13.2. The van der Waals surface area contributed by atoms with E-state index in [0.717, 1.165) is 40.0 Å². The normalized spacial score (nSPS) is 14.5. The molecule has 0 unspecified atom stereocenters. The molecule has 0 aliphatic carbocycles. The van der Waals surface area contributed by atoms with Crippen molar-refractivity contribution in [3.05, 3.63) is 91.8 Å². The minimum atomic E-state index is -4.59. The van der Waals surface area contributed by atoms with Crippen molar-refractivity contribution in [2.45, 2.75) is 19.6 Å². The molecule has 1 aromatic heterocycles. The monoisotopic (exact) mass is 517 g/mol. The summed E-state index contributed by atoms with van der Waals surface area (Å²) in [6.07, 6.45) is -4.59. The second-order valence-electron chi connectivity index (χ2n) is 8.68. The van der Waals surface area contributed by atoms with Crippen LogP contribution in [-0.2, 0) is 17.5 Å². The van der Waals surface area contributed by atoms with Crippen LogP contribution in [0.4, 0.5) is 13.2 Å². The Bertz CT molecular complexity index is 1380. The van der Waals surface area contributed by atoms with Crippen molar-refractivity contribution >= 4 is 5.91 Å². The van der Waals surface area contributed by atoms with Crippen molar-refractivity contribution in [3.8, 4) is 5.69 Å². The first kappa shape index (κ1) is 26.3. The molecule has 0 saturated carbocycles. The number of morpholine rings is 1. The third-order valence-corrected chi connectivity index (χ3v) is 5.97. The summed E-state index contributed by atoms with van der Waals surface area (Å²) in [6.45, 7) is 4.77. The van der Waals surface area contributed by atoms with E-state index in [-0.39, 0.29) is 12.1 Å². The van der Waals surface area contributed by atoms with Crippen LogP contribution in [0.25, 0.3) is 5.69 Å². The van der Waals surface area contributed by atoms with E-state index in [9.17, 15) is 27.6 Å². The Labute approximate surface area is 210 Å². The summed E-state index contributed by atoms with van der Waals surface area (Å²) < 4.78 is 46.5. The third-order valence-electron chi connectivity index (χ3n) is 5.97. The number of carbonyl (C=O) groups is 1. The van der Waals surface area contributed by atoms with Gasteiger partial charge in [0.05, 0.1) is 31.0 Å². The van der Waals surface area contributed by atoms with E-state index in [4.69, 9.17) is 4.74 Å². The van der Waals surface area contributed by atoms with Crippen LogP contribution in [0, 0.1) is 6.92 Å². The van der Waals surface area contributed by atoms with Gasteiger partial charge in [-0.2, -0.15) is 23.0 Å². The van der Waals surface area contributed by atoms with E-state index in [1.165, 1.54) is 12.1 Å². The summed E-state index contributed by atoms with van der Waals surface area (Å²) in [5.41, 5.74) is -2.02. The van der Waals surface area contributed by atoms with Gasteiger partial charge in [0.15, 0.2) is 0 Å². The lowest BCUT2D eigenvalue weighted by molar-refractivity contribution is -0.137.